The van der Waals surface area contributed by atoms with Crippen molar-refractivity contribution in [1.29, 1.82) is 0 Å². The van der Waals surface area contributed by atoms with Crippen LogP contribution in [0, 0.1) is 6.92 Å². The van der Waals surface area contributed by atoms with Gasteiger partial charge in [0.1, 0.15) is 0 Å². The Kier molecular flexibility index (Phi) is 3.16. The molecule has 0 aliphatic rings. The van der Waals surface area contributed by atoms with E-state index < -0.39 is 18.3 Å². The van der Waals surface area contributed by atoms with E-state index in [4.69, 9.17) is 11.5 Å². The largest absolute Gasteiger partial charge is 0.457 e. The summed E-state index contributed by atoms with van der Waals surface area (Å²) in [5.41, 5.74) is 11.0. The summed E-state index contributed by atoms with van der Waals surface area (Å²) >= 11 is 0. The standard InChI is InChI=1S/C9H10F4N2O/c1-4-2-3-5(14)7(6(4)15)16-8(10)9(11,12)13/h2-3,8H,14-15H2,1H3. The molecule has 0 aliphatic heterocycles. The number of nitrogen functional groups attached to an aromatic ring is 2. The molecule has 0 aliphatic carbocycles. The van der Waals surface area contributed by atoms with Crippen LogP contribution in [0.1, 0.15) is 5.56 Å². The average molecular weight is 238 g/mol. The number of ether oxygens (including phenoxy) is 1. The fourth-order valence-electron chi connectivity index (χ4n) is 1.02. The Morgan fingerprint density at radius 2 is 1.81 bits per heavy atom. The van der Waals surface area contributed by atoms with E-state index in [0.29, 0.717) is 5.56 Å². The molecular formula is C9H10F4N2O. The van der Waals surface area contributed by atoms with Crippen molar-refractivity contribution in [2.24, 2.45) is 0 Å². The van der Waals surface area contributed by atoms with E-state index in [1.807, 2.05) is 0 Å². The van der Waals surface area contributed by atoms with Crippen LogP contribution in [0.4, 0.5) is 28.9 Å². The molecule has 7 heteroatoms. The van der Waals surface area contributed by atoms with Gasteiger partial charge >= 0.3 is 12.5 Å². The molecule has 1 atom stereocenters. The second-order valence-electron chi connectivity index (χ2n) is 3.19. The molecule has 3 nitrogen and oxygen atoms in total. The highest BCUT2D eigenvalue weighted by Crippen LogP contribution is 2.35. The maximum absolute atomic E-state index is 12.6. The first-order valence-electron chi connectivity index (χ1n) is 4.25. The summed E-state index contributed by atoms with van der Waals surface area (Å²) in [4.78, 5) is 0. The van der Waals surface area contributed by atoms with Gasteiger partial charge in [0.25, 0.3) is 0 Å². The van der Waals surface area contributed by atoms with Gasteiger partial charge in [0.2, 0.25) is 0 Å². The second-order valence-corrected chi connectivity index (χ2v) is 3.19. The van der Waals surface area contributed by atoms with Gasteiger partial charge < -0.3 is 16.2 Å². The number of halogens is 4. The third-order valence-corrected chi connectivity index (χ3v) is 1.92. The minimum Gasteiger partial charge on any atom is -0.448 e. The van der Waals surface area contributed by atoms with Gasteiger partial charge in [0.05, 0.1) is 11.4 Å². The Bertz CT molecular complexity index is 392. The van der Waals surface area contributed by atoms with E-state index in [1.54, 1.807) is 6.92 Å². The predicted molar refractivity (Wildman–Crippen MR) is 51.6 cm³/mol. The molecule has 1 rings (SSSR count). The lowest BCUT2D eigenvalue weighted by molar-refractivity contribution is -0.236. The summed E-state index contributed by atoms with van der Waals surface area (Å²) < 4.78 is 52.5. The zero-order valence-electron chi connectivity index (χ0n) is 8.31. The Morgan fingerprint density at radius 1 is 1.25 bits per heavy atom. The van der Waals surface area contributed by atoms with E-state index in [9.17, 15) is 17.6 Å². The molecule has 16 heavy (non-hydrogen) atoms. The van der Waals surface area contributed by atoms with Gasteiger partial charge in [-0.05, 0) is 18.6 Å². The maximum Gasteiger partial charge on any atom is 0.457 e. The van der Waals surface area contributed by atoms with Crippen LogP contribution in [-0.4, -0.2) is 12.5 Å². The Balaban J connectivity index is 3.02. The molecule has 1 aromatic rings. The summed E-state index contributed by atoms with van der Waals surface area (Å²) in [7, 11) is 0. The lowest BCUT2D eigenvalue weighted by atomic mass is 10.1. The van der Waals surface area contributed by atoms with Gasteiger partial charge in [-0.15, -0.1) is 0 Å². The van der Waals surface area contributed by atoms with E-state index in [0.717, 1.165) is 0 Å². The smallest absolute Gasteiger partial charge is 0.448 e. The first-order chi connectivity index (χ1) is 7.23. The van der Waals surface area contributed by atoms with Crippen molar-refractivity contribution in [3.63, 3.8) is 0 Å². The first kappa shape index (κ1) is 12.4. The van der Waals surface area contributed by atoms with Crippen molar-refractivity contribution in [2.75, 3.05) is 11.5 Å². The molecule has 4 N–H and O–H groups in total. The number of nitrogens with two attached hydrogens (primary N) is 2. The molecule has 0 bridgehead atoms. The van der Waals surface area contributed by atoms with Crippen LogP contribution in [0.25, 0.3) is 0 Å². The van der Waals surface area contributed by atoms with Crippen LogP contribution in [0.5, 0.6) is 5.75 Å². The molecule has 0 spiro atoms. The molecule has 0 fully saturated rings. The number of anilines is 2. The van der Waals surface area contributed by atoms with Crippen molar-refractivity contribution >= 4 is 11.4 Å². The monoisotopic (exact) mass is 238 g/mol. The normalized spacial score (nSPS) is 13.6. The summed E-state index contributed by atoms with van der Waals surface area (Å²) in [6, 6.07) is 2.79. The van der Waals surface area contributed by atoms with Crippen molar-refractivity contribution in [3.05, 3.63) is 17.7 Å². The summed E-state index contributed by atoms with van der Waals surface area (Å²) in [6.45, 7) is 1.54. The summed E-state index contributed by atoms with van der Waals surface area (Å²) in [6.07, 6.45) is -8.55. The number of alkyl halides is 4. The highest BCUT2D eigenvalue weighted by Gasteiger charge is 2.43. The minimum absolute atomic E-state index is 0.105. The topological polar surface area (TPSA) is 61.3 Å². The lowest BCUT2D eigenvalue weighted by Crippen LogP contribution is -2.30. The zero-order valence-corrected chi connectivity index (χ0v) is 8.31. The number of benzene rings is 1. The Hall–Kier alpha value is -1.66. The summed E-state index contributed by atoms with van der Waals surface area (Å²) in [5.74, 6) is -0.482. The van der Waals surface area contributed by atoms with Crippen LogP contribution in [-0.2, 0) is 0 Å². The van der Waals surface area contributed by atoms with Crippen molar-refractivity contribution in [3.8, 4) is 5.75 Å². The fourth-order valence-corrected chi connectivity index (χ4v) is 1.02. The molecule has 0 amide bonds. The molecular weight excluding hydrogens is 228 g/mol. The Labute approximate surface area is 89.0 Å². The van der Waals surface area contributed by atoms with Gasteiger partial charge in [-0.2, -0.15) is 17.6 Å². The lowest BCUT2D eigenvalue weighted by Gasteiger charge is -2.17. The zero-order chi connectivity index (χ0) is 12.5. The van der Waals surface area contributed by atoms with Gasteiger partial charge in [-0.3, -0.25) is 0 Å². The molecule has 0 saturated carbocycles. The first-order valence-corrected chi connectivity index (χ1v) is 4.25. The molecule has 0 heterocycles. The molecule has 0 aromatic heterocycles. The quantitative estimate of drug-likeness (QED) is 0.614. The average Bonchev–Trinajstić information content (AvgIpc) is 2.17. The molecule has 1 unspecified atom stereocenters. The number of hydrogen-bond donors (Lipinski definition) is 2. The number of hydrogen-bond acceptors (Lipinski definition) is 3. The highest BCUT2D eigenvalue weighted by atomic mass is 19.4. The molecule has 90 valence electrons. The third-order valence-electron chi connectivity index (χ3n) is 1.92. The van der Waals surface area contributed by atoms with Gasteiger partial charge in [-0.25, -0.2) is 0 Å². The Morgan fingerprint density at radius 3 is 2.31 bits per heavy atom. The van der Waals surface area contributed by atoms with Gasteiger partial charge in [-0.1, -0.05) is 6.07 Å². The van der Waals surface area contributed by atoms with Crippen molar-refractivity contribution < 1.29 is 22.3 Å². The SMILES string of the molecule is Cc1ccc(N)c(OC(F)C(F)(F)F)c1N. The van der Waals surface area contributed by atoms with Crippen LogP contribution in [0.3, 0.4) is 0 Å². The maximum atomic E-state index is 12.6. The molecule has 0 radical (unpaired) electrons. The van der Waals surface area contributed by atoms with E-state index in [-0.39, 0.29) is 11.4 Å². The number of aryl methyl sites for hydroxylation is 1. The van der Waals surface area contributed by atoms with Crippen molar-refractivity contribution in [1.82, 2.24) is 0 Å². The molecule has 0 saturated heterocycles. The second kappa shape index (κ2) is 4.07. The predicted octanol–water partition coefficient (Wildman–Crippen LogP) is 2.40. The third kappa shape index (κ3) is 2.47. The van der Waals surface area contributed by atoms with E-state index in [1.165, 1.54) is 12.1 Å². The van der Waals surface area contributed by atoms with Gasteiger partial charge in [0.15, 0.2) is 5.75 Å². The molecule has 1 aromatic carbocycles. The van der Waals surface area contributed by atoms with Crippen LogP contribution in [0.15, 0.2) is 12.1 Å². The highest BCUT2D eigenvalue weighted by molar-refractivity contribution is 5.70. The van der Waals surface area contributed by atoms with Crippen LogP contribution < -0.4 is 16.2 Å². The summed E-state index contributed by atoms with van der Waals surface area (Å²) in [5, 5.41) is 0. The van der Waals surface area contributed by atoms with Gasteiger partial charge in [0, 0.05) is 0 Å². The fraction of sp³-hybridized carbons (Fsp3) is 0.333. The minimum atomic E-state index is -5.11. The van der Waals surface area contributed by atoms with Crippen molar-refractivity contribution in [2.45, 2.75) is 19.5 Å². The van der Waals surface area contributed by atoms with E-state index >= 15 is 0 Å². The van der Waals surface area contributed by atoms with Crippen LogP contribution >= 0.6 is 0 Å². The van der Waals surface area contributed by atoms with Crippen LogP contribution in [0.2, 0.25) is 0 Å². The number of rotatable bonds is 2. The van der Waals surface area contributed by atoms with E-state index in [2.05, 4.69) is 4.74 Å².